The van der Waals surface area contributed by atoms with Gasteiger partial charge in [0, 0.05) is 12.1 Å². The number of amides is 2. The van der Waals surface area contributed by atoms with Crippen molar-refractivity contribution >= 4 is 17.5 Å². The van der Waals surface area contributed by atoms with E-state index in [1.165, 1.54) is 6.42 Å². The molecule has 1 aromatic carbocycles. The normalized spacial score (nSPS) is 21.0. The number of carbonyl (C=O) groups excluding carboxylic acids is 2. The molecule has 5 heteroatoms. The van der Waals surface area contributed by atoms with Crippen LogP contribution >= 0.6 is 0 Å². The van der Waals surface area contributed by atoms with Crippen LogP contribution in [-0.2, 0) is 16.0 Å². The van der Waals surface area contributed by atoms with Crippen LogP contribution in [0.4, 0.5) is 5.69 Å². The molecular formula is C18H25N3O2. The molecule has 1 heterocycles. The molecule has 5 nitrogen and oxygen atoms in total. The number of aryl methyl sites for hydroxylation is 1. The standard InChI is InChI=1S/C18H25N3O2/c1-12(20-17(23)18(19)9-3-2-4-10-18)13-5-7-15-14(11-13)6-8-16(22)21-15/h5,7,11-12H,2-4,6,8-10,19H2,1H3,(H,20,23)(H,21,22). The van der Waals surface area contributed by atoms with Crippen LogP contribution < -0.4 is 16.4 Å². The Balaban J connectivity index is 1.69. The lowest BCUT2D eigenvalue weighted by atomic mass is 9.81. The van der Waals surface area contributed by atoms with Crippen LogP contribution in [0.2, 0.25) is 0 Å². The van der Waals surface area contributed by atoms with E-state index >= 15 is 0 Å². The Morgan fingerprint density at radius 2 is 2.00 bits per heavy atom. The number of nitrogens with two attached hydrogens (primary N) is 1. The minimum atomic E-state index is -0.714. The molecular weight excluding hydrogens is 290 g/mol. The highest BCUT2D eigenvalue weighted by molar-refractivity contribution is 5.94. The Morgan fingerprint density at radius 3 is 2.74 bits per heavy atom. The van der Waals surface area contributed by atoms with Gasteiger partial charge in [-0.15, -0.1) is 0 Å². The van der Waals surface area contributed by atoms with Crippen LogP contribution in [-0.4, -0.2) is 17.4 Å². The molecule has 4 N–H and O–H groups in total. The third-order valence-electron chi connectivity index (χ3n) is 5.07. The number of anilines is 1. The molecule has 2 amide bonds. The molecule has 1 aromatic rings. The van der Waals surface area contributed by atoms with Gasteiger partial charge in [0.1, 0.15) is 0 Å². The van der Waals surface area contributed by atoms with E-state index in [1.54, 1.807) is 0 Å². The minimum absolute atomic E-state index is 0.0456. The number of carbonyl (C=O) groups is 2. The number of hydrogen-bond donors (Lipinski definition) is 3. The summed E-state index contributed by atoms with van der Waals surface area (Å²) in [6, 6.07) is 5.86. The molecule has 124 valence electrons. The van der Waals surface area contributed by atoms with Gasteiger partial charge in [0.15, 0.2) is 0 Å². The number of benzene rings is 1. The summed E-state index contributed by atoms with van der Waals surface area (Å²) in [7, 11) is 0. The molecule has 2 aliphatic rings. The second kappa shape index (κ2) is 6.32. The molecule has 0 saturated heterocycles. The van der Waals surface area contributed by atoms with Gasteiger partial charge in [0.2, 0.25) is 11.8 Å². The summed E-state index contributed by atoms with van der Waals surface area (Å²) in [5, 5.41) is 5.95. The average Bonchev–Trinajstić information content (AvgIpc) is 2.55. The van der Waals surface area contributed by atoms with Crippen molar-refractivity contribution in [3.05, 3.63) is 29.3 Å². The van der Waals surface area contributed by atoms with Gasteiger partial charge >= 0.3 is 0 Å². The van der Waals surface area contributed by atoms with Crippen molar-refractivity contribution in [2.45, 2.75) is 63.5 Å². The SMILES string of the molecule is CC(NC(=O)C1(N)CCCCC1)c1ccc2c(c1)CCC(=O)N2. The summed E-state index contributed by atoms with van der Waals surface area (Å²) in [6.45, 7) is 1.98. The zero-order valence-corrected chi connectivity index (χ0v) is 13.7. The molecule has 1 fully saturated rings. The van der Waals surface area contributed by atoms with Crippen LogP contribution in [0.25, 0.3) is 0 Å². The highest BCUT2D eigenvalue weighted by atomic mass is 16.2. The van der Waals surface area contributed by atoms with Gasteiger partial charge in [0.05, 0.1) is 11.6 Å². The molecule has 1 unspecified atom stereocenters. The predicted octanol–water partition coefficient (Wildman–Crippen LogP) is 2.41. The van der Waals surface area contributed by atoms with Gasteiger partial charge in [-0.3, -0.25) is 9.59 Å². The molecule has 23 heavy (non-hydrogen) atoms. The first-order valence-electron chi connectivity index (χ1n) is 8.50. The molecule has 3 rings (SSSR count). The largest absolute Gasteiger partial charge is 0.348 e. The van der Waals surface area contributed by atoms with Gasteiger partial charge in [0.25, 0.3) is 0 Å². The lowest BCUT2D eigenvalue weighted by Crippen LogP contribution is -2.55. The number of rotatable bonds is 3. The molecule has 0 aromatic heterocycles. The number of fused-ring (bicyclic) bond motifs is 1. The predicted molar refractivity (Wildman–Crippen MR) is 90.0 cm³/mol. The number of hydrogen-bond acceptors (Lipinski definition) is 3. The Labute approximate surface area is 137 Å². The summed E-state index contributed by atoms with van der Waals surface area (Å²) in [6.07, 6.45) is 6.01. The molecule has 1 aliphatic heterocycles. The van der Waals surface area contributed by atoms with E-state index in [-0.39, 0.29) is 17.9 Å². The fourth-order valence-corrected chi connectivity index (χ4v) is 3.51. The van der Waals surface area contributed by atoms with Crippen LogP contribution in [0.5, 0.6) is 0 Å². The highest BCUT2D eigenvalue weighted by Crippen LogP contribution is 2.29. The first-order chi connectivity index (χ1) is 11.0. The summed E-state index contributed by atoms with van der Waals surface area (Å²) in [5.41, 5.74) is 8.64. The van der Waals surface area contributed by atoms with Gasteiger partial charge < -0.3 is 16.4 Å². The van der Waals surface area contributed by atoms with Gasteiger partial charge in [-0.1, -0.05) is 31.4 Å². The average molecular weight is 315 g/mol. The fraction of sp³-hybridized carbons (Fsp3) is 0.556. The quantitative estimate of drug-likeness (QED) is 0.801. The van der Waals surface area contributed by atoms with E-state index in [1.807, 2.05) is 19.1 Å². The van der Waals surface area contributed by atoms with Crippen molar-refractivity contribution in [2.24, 2.45) is 5.73 Å². The molecule has 0 bridgehead atoms. The Kier molecular flexibility index (Phi) is 4.39. The maximum atomic E-state index is 12.5. The van der Waals surface area contributed by atoms with E-state index in [2.05, 4.69) is 16.7 Å². The van der Waals surface area contributed by atoms with Gasteiger partial charge in [-0.05, 0) is 43.4 Å². The molecule has 0 spiro atoms. The lowest BCUT2D eigenvalue weighted by molar-refractivity contribution is -0.128. The summed E-state index contributed by atoms with van der Waals surface area (Å²) in [5.74, 6) is 0.0182. The molecule has 1 atom stereocenters. The van der Waals surface area contributed by atoms with Gasteiger partial charge in [-0.2, -0.15) is 0 Å². The minimum Gasteiger partial charge on any atom is -0.348 e. The smallest absolute Gasteiger partial charge is 0.240 e. The van der Waals surface area contributed by atoms with Crippen molar-refractivity contribution in [3.63, 3.8) is 0 Å². The maximum Gasteiger partial charge on any atom is 0.240 e. The zero-order chi connectivity index (χ0) is 16.4. The Bertz CT molecular complexity index is 621. The second-order valence-corrected chi connectivity index (χ2v) is 6.88. The van der Waals surface area contributed by atoms with Crippen molar-refractivity contribution in [1.29, 1.82) is 0 Å². The van der Waals surface area contributed by atoms with Crippen LogP contribution in [0.1, 0.15) is 62.6 Å². The highest BCUT2D eigenvalue weighted by Gasteiger charge is 2.35. The maximum absolute atomic E-state index is 12.5. The topological polar surface area (TPSA) is 84.2 Å². The first-order valence-corrected chi connectivity index (χ1v) is 8.50. The number of nitrogens with one attached hydrogen (secondary N) is 2. The lowest BCUT2D eigenvalue weighted by Gasteiger charge is -2.33. The third kappa shape index (κ3) is 3.39. The van der Waals surface area contributed by atoms with Crippen LogP contribution in [0, 0.1) is 0 Å². The monoisotopic (exact) mass is 315 g/mol. The Morgan fingerprint density at radius 1 is 1.26 bits per heavy atom. The third-order valence-corrected chi connectivity index (χ3v) is 5.07. The molecule has 0 radical (unpaired) electrons. The van der Waals surface area contributed by atoms with Crippen molar-refractivity contribution < 1.29 is 9.59 Å². The van der Waals surface area contributed by atoms with E-state index in [4.69, 9.17) is 5.73 Å². The fourth-order valence-electron chi connectivity index (χ4n) is 3.51. The van der Waals surface area contributed by atoms with E-state index < -0.39 is 5.54 Å². The van der Waals surface area contributed by atoms with Crippen LogP contribution in [0.3, 0.4) is 0 Å². The first kappa shape index (κ1) is 16.0. The molecule has 1 aliphatic carbocycles. The van der Waals surface area contributed by atoms with Crippen LogP contribution in [0.15, 0.2) is 18.2 Å². The van der Waals surface area contributed by atoms with Crippen molar-refractivity contribution in [3.8, 4) is 0 Å². The van der Waals surface area contributed by atoms with Gasteiger partial charge in [-0.25, -0.2) is 0 Å². The second-order valence-electron chi connectivity index (χ2n) is 6.88. The van der Waals surface area contributed by atoms with E-state index in [0.29, 0.717) is 6.42 Å². The van der Waals surface area contributed by atoms with E-state index in [9.17, 15) is 9.59 Å². The molecule has 1 saturated carbocycles. The zero-order valence-electron chi connectivity index (χ0n) is 13.7. The summed E-state index contributed by atoms with van der Waals surface area (Å²) < 4.78 is 0. The van der Waals surface area contributed by atoms with Crippen molar-refractivity contribution in [1.82, 2.24) is 5.32 Å². The Hall–Kier alpha value is -1.88. The summed E-state index contributed by atoms with van der Waals surface area (Å²) in [4.78, 5) is 24.0. The van der Waals surface area contributed by atoms with Crippen molar-refractivity contribution in [2.75, 3.05) is 5.32 Å². The summed E-state index contributed by atoms with van der Waals surface area (Å²) >= 11 is 0. The van der Waals surface area contributed by atoms with E-state index in [0.717, 1.165) is 48.9 Å².